The predicted octanol–water partition coefficient (Wildman–Crippen LogP) is 1.58. The molecule has 1 amide bonds. The number of sulfonamides is 1. The summed E-state index contributed by atoms with van der Waals surface area (Å²) in [5, 5.41) is 0. The van der Waals surface area contributed by atoms with E-state index in [-0.39, 0.29) is 23.0 Å². The number of hydrogen-bond acceptors (Lipinski definition) is 4. The highest BCUT2D eigenvalue weighted by molar-refractivity contribution is 7.89. The minimum absolute atomic E-state index is 0.120. The SMILES string of the molecule is CCN(C)C(=O)c1ccc(S(=O)(=O)N2CC(C)OC(C)C2)cc1. The van der Waals surface area contributed by atoms with Crippen molar-refractivity contribution in [2.24, 2.45) is 0 Å². The fourth-order valence-corrected chi connectivity index (χ4v) is 4.20. The normalized spacial score (nSPS) is 22.8. The molecule has 0 N–H and O–H groups in total. The third kappa shape index (κ3) is 3.91. The number of carbonyl (C=O) groups excluding carboxylic acids is 1. The summed E-state index contributed by atoms with van der Waals surface area (Å²) in [7, 11) is -1.86. The van der Waals surface area contributed by atoms with E-state index in [1.807, 2.05) is 20.8 Å². The number of morpholine rings is 1. The summed E-state index contributed by atoms with van der Waals surface area (Å²) >= 11 is 0. The maximum Gasteiger partial charge on any atom is 0.253 e. The summed E-state index contributed by atoms with van der Waals surface area (Å²) in [5.41, 5.74) is 0.483. The van der Waals surface area contributed by atoms with Crippen LogP contribution in [0.5, 0.6) is 0 Å². The lowest BCUT2D eigenvalue weighted by molar-refractivity contribution is -0.0440. The second-order valence-corrected chi connectivity index (χ2v) is 7.86. The molecule has 1 heterocycles. The van der Waals surface area contributed by atoms with Crippen molar-refractivity contribution in [1.29, 1.82) is 0 Å². The number of benzene rings is 1. The molecule has 0 saturated carbocycles. The molecule has 0 bridgehead atoms. The minimum Gasteiger partial charge on any atom is -0.373 e. The summed E-state index contributed by atoms with van der Waals surface area (Å²) in [6.45, 7) is 6.89. The van der Waals surface area contributed by atoms with Gasteiger partial charge in [-0.2, -0.15) is 4.31 Å². The van der Waals surface area contributed by atoms with Gasteiger partial charge in [-0.05, 0) is 45.0 Å². The summed E-state index contributed by atoms with van der Waals surface area (Å²) in [5.74, 6) is -0.120. The fraction of sp³-hybridized carbons (Fsp3) is 0.562. The first-order valence-corrected chi connectivity index (χ1v) is 9.20. The van der Waals surface area contributed by atoms with Crippen LogP contribution >= 0.6 is 0 Å². The first-order chi connectivity index (χ1) is 10.8. The molecule has 2 atom stereocenters. The molecule has 7 heteroatoms. The van der Waals surface area contributed by atoms with Crippen LogP contribution in [-0.2, 0) is 14.8 Å². The lowest BCUT2D eigenvalue weighted by atomic mass is 10.2. The molecule has 6 nitrogen and oxygen atoms in total. The Morgan fingerprint density at radius 3 is 2.22 bits per heavy atom. The molecule has 2 unspecified atom stereocenters. The molecule has 1 fully saturated rings. The molecule has 0 radical (unpaired) electrons. The van der Waals surface area contributed by atoms with E-state index >= 15 is 0 Å². The quantitative estimate of drug-likeness (QED) is 0.834. The van der Waals surface area contributed by atoms with Crippen LogP contribution in [0.15, 0.2) is 29.2 Å². The summed E-state index contributed by atoms with van der Waals surface area (Å²) in [6, 6.07) is 6.12. The van der Waals surface area contributed by atoms with Gasteiger partial charge in [0.05, 0.1) is 17.1 Å². The van der Waals surface area contributed by atoms with E-state index in [1.165, 1.54) is 16.4 Å². The van der Waals surface area contributed by atoms with Gasteiger partial charge in [-0.25, -0.2) is 8.42 Å². The van der Waals surface area contributed by atoms with Crippen LogP contribution in [0.3, 0.4) is 0 Å². The molecule has 2 rings (SSSR count). The van der Waals surface area contributed by atoms with Crippen molar-refractivity contribution in [2.45, 2.75) is 37.9 Å². The number of amides is 1. The van der Waals surface area contributed by atoms with E-state index < -0.39 is 10.0 Å². The van der Waals surface area contributed by atoms with Crippen molar-refractivity contribution >= 4 is 15.9 Å². The third-order valence-electron chi connectivity index (χ3n) is 3.95. The number of rotatable bonds is 4. The summed E-state index contributed by atoms with van der Waals surface area (Å²) < 4.78 is 32.5. The van der Waals surface area contributed by atoms with Gasteiger partial charge in [0.1, 0.15) is 0 Å². The van der Waals surface area contributed by atoms with Crippen LogP contribution in [-0.4, -0.2) is 62.4 Å². The van der Waals surface area contributed by atoms with Gasteiger partial charge < -0.3 is 9.64 Å². The van der Waals surface area contributed by atoms with Crippen LogP contribution in [0.4, 0.5) is 0 Å². The maximum absolute atomic E-state index is 12.7. The Morgan fingerprint density at radius 2 is 1.74 bits per heavy atom. The first kappa shape index (κ1) is 17.9. The highest BCUT2D eigenvalue weighted by Gasteiger charge is 2.32. The molecule has 0 aliphatic carbocycles. The highest BCUT2D eigenvalue weighted by atomic mass is 32.2. The predicted molar refractivity (Wildman–Crippen MR) is 87.8 cm³/mol. The van der Waals surface area contributed by atoms with Crippen LogP contribution in [0.1, 0.15) is 31.1 Å². The number of nitrogens with zero attached hydrogens (tertiary/aromatic N) is 2. The summed E-state index contributed by atoms with van der Waals surface area (Å²) in [4.78, 5) is 13.9. The van der Waals surface area contributed by atoms with Gasteiger partial charge in [0.15, 0.2) is 0 Å². The Bertz CT molecular complexity index is 647. The Hall–Kier alpha value is -1.44. The lowest BCUT2D eigenvalue weighted by Crippen LogP contribution is -2.48. The van der Waals surface area contributed by atoms with Gasteiger partial charge in [-0.3, -0.25) is 4.79 Å². The second kappa shape index (κ2) is 6.98. The molecule has 0 spiro atoms. The van der Waals surface area contributed by atoms with Crippen molar-refractivity contribution in [3.63, 3.8) is 0 Å². The van der Waals surface area contributed by atoms with E-state index in [4.69, 9.17) is 4.74 Å². The molecular formula is C16H24N2O4S. The summed E-state index contributed by atoms with van der Waals surface area (Å²) in [6.07, 6.45) is -0.264. The molecule has 0 aromatic heterocycles. The molecule has 23 heavy (non-hydrogen) atoms. The zero-order valence-electron chi connectivity index (χ0n) is 14.0. The molecule has 1 aromatic carbocycles. The van der Waals surface area contributed by atoms with E-state index in [0.717, 1.165) is 0 Å². The van der Waals surface area contributed by atoms with Crippen molar-refractivity contribution in [2.75, 3.05) is 26.7 Å². The smallest absolute Gasteiger partial charge is 0.253 e. The second-order valence-electron chi connectivity index (χ2n) is 5.92. The third-order valence-corrected chi connectivity index (χ3v) is 5.79. The average molecular weight is 340 g/mol. The monoisotopic (exact) mass is 340 g/mol. The molecule has 128 valence electrons. The zero-order chi connectivity index (χ0) is 17.2. The van der Waals surface area contributed by atoms with Crippen LogP contribution in [0.2, 0.25) is 0 Å². The van der Waals surface area contributed by atoms with Crippen molar-refractivity contribution in [3.8, 4) is 0 Å². The molecule has 1 aromatic rings. The molecule has 1 aliphatic rings. The minimum atomic E-state index is -3.57. The highest BCUT2D eigenvalue weighted by Crippen LogP contribution is 2.21. The molecular weight excluding hydrogens is 316 g/mol. The van der Waals surface area contributed by atoms with Gasteiger partial charge >= 0.3 is 0 Å². The largest absolute Gasteiger partial charge is 0.373 e. The van der Waals surface area contributed by atoms with Crippen LogP contribution in [0.25, 0.3) is 0 Å². The van der Waals surface area contributed by atoms with Crippen LogP contribution in [0, 0.1) is 0 Å². The van der Waals surface area contributed by atoms with Crippen molar-refractivity contribution < 1.29 is 17.9 Å². The fourth-order valence-electron chi connectivity index (χ4n) is 2.61. The Labute approximate surface area is 138 Å². The Morgan fingerprint density at radius 1 is 1.22 bits per heavy atom. The standard InChI is InChI=1S/C16H24N2O4S/c1-5-17(4)16(19)14-6-8-15(9-7-14)23(20,21)18-10-12(2)22-13(3)11-18/h6-9,12-13H,5,10-11H2,1-4H3. The lowest BCUT2D eigenvalue weighted by Gasteiger charge is -2.34. The topological polar surface area (TPSA) is 66.9 Å². The van der Waals surface area contributed by atoms with Gasteiger partial charge in [-0.15, -0.1) is 0 Å². The number of carbonyl (C=O) groups is 1. The van der Waals surface area contributed by atoms with Crippen molar-refractivity contribution in [1.82, 2.24) is 9.21 Å². The number of hydrogen-bond donors (Lipinski definition) is 0. The van der Waals surface area contributed by atoms with Gasteiger partial charge in [-0.1, -0.05) is 0 Å². The molecule has 1 aliphatic heterocycles. The average Bonchev–Trinajstić information content (AvgIpc) is 2.52. The zero-order valence-corrected chi connectivity index (χ0v) is 14.8. The molecule has 1 saturated heterocycles. The van der Waals surface area contributed by atoms with Gasteiger partial charge in [0.2, 0.25) is 10.0 Å². The van der Waals surface area contributed by atoms with E-state index in [2.05, 4.69) is 0 Å². The van der Waals surface area contributed by atoms with E-state index in [9.17, 15) is 13.2 Å². The van der Waals surface area contributed by atoms with Gasteiger partial charge in [0.25, 0.3) is 5.91 Å². The van der Waals surface area contributed by atoms with Crippen molar-refractivity contribution in [3.05, 3.63) is 29.8 Å². The van der Waals surface area contributed by atoms with Gasteiger partial charge in [0, 0.05) is 32.2 Å². The number of ether oxygens (including phenoxy) is 1. The maximum atomic E-state index is 12.7. The first-order valence-electron chi connectivity index (χ1n) is 7.76. The van der Waals surface area contributed by atoms with Crippen LogP contribution < -0.4 is 0 Å². The van der Waals surface area contributed by atoms with E-state index in [1.54, 1.807) is 24.1 Å². The Balaban J connectivity index is 2.22. The Kier molecular flexibility index (Phi) is 5.44. The van der Waals surface area contributed by atoms with E-state index in [0.29, 0.717) is 25.2 Å².